The molecule has 0 bridgehead atoms. The van der Waals surface area contributed by atoms with Gasteiger partial charge < -0.3 is 0 Å². The molecule has 18 heavy (non-hydrogen) atoms. The van der Waals surface area contributed by atoms with Gasteiger partial charge in [0, 0.05) is 0 Å². The summed E-state index contributed by atoms with van der Waals surface area (Å²) in [7, 11) is -16.0. The highest BCUT2D eigenvalue weighted by molar-refractivity contribution is 8.02. The van der Waals surface area contributed by atoms with Gasteiger partial charge in [0.25, 0.3) is 30.4 Å². The molecule has 0 aliphatic carbocycles. The molecular weight excluding hydrogens is 344 g/mol. The van der Waals surface area contributed by atoms with Gasteiger partial charge in [-0.1, -0.05) is 0 Å². The van der Waals surface area contributed by atoms with E-state index < -0.39 is 46.0 Å². The fourth-order valence-electron chi connectivity index (χ4n) is 0.188. The second-order valence-corrected chi connectivity index (χ2v) is 7.36. The van der Waals surface area contributed by atoms with Crippen LogP contribution in [0.5, 0.6) is 0 Å². The summed E-state index contributed by atoms with van der Waals surface area (Å²) in [6.45, 7) is 0. The minimum absolute atomic E-state index is 0.715. The smallest absolute Gasteiger partial charge is 0.286 e. The average molecular weight is 352 g/mol. The Kier molecular flexibility index (Phi) is 10.6. The van der Waals surface area contributed by atoms with Crippen LogP contribution >= 0.6 is 0 Å². The van der Waals surface area contributed by atoms with Crippen molar-refractivity contribution < 1.29 is 51.5 Å². The number of rotatable bonds is 2. The molecule has 0 aromatic heterocycles. The first kappa shape index (κ1) is 22.5. The van der Waals surface area contributed by atoms with Crippen molar-refractivity contribution in [1.29, 1.82) is 0 Å². The van der Waals surface area contributed by atoms with Gasteiger partial charge in [0.2, 0.25) is 5.08 Å². The average Bonchev–Trinajstić information content (AvgIpc) is 1.67. The first-order valence-corrected chi connectivity index (χ1v) is 9.10. The molecule has 0 atom stereocenters. The molecule has 0 fully saturated rings. The maximum absolute atomic E-state index is 9.66. The summed E-state index contributed by atoms with van der Waals surface area (Å²) in [5.74, 6) is 0. The van der Waals surface area contributed by atoms with Gasteiger partial charge in [0.15, 0.2) is 0 Å². The largest absolute Gasteiger partial charge is 0.425 e. The van der Waals surface area contributed by atoms with E-state index in [9.17, 15) is 25.3 Å². The van der Waals surface area contributed by atoms with Gasteiger partial charge in [0.05, 0.1) is 6.26 Å². The van der Waals surface area contributed by atoms with Crippen LogP contribution in [-0.4, -0.2) is 62.9 Å². The maximum atomic E-state index is 9.66. The Hall–Kier alpha value is -0.650. The predicted molar refractivity (Wildman–Crippen MR) is 55.1 cm³/mol. The van der Waals surface area contributed by atoms with E-state index >= 15 is 0 Å². The maximum Gasteiger partial charge on any atom is 0.425 e. The van der Waals surface area contributed by atoms with Gasteiger partial charge >= 0.3 is 10.6 Å². The fraction of sp³-hybridized carbons (Fsp3) is 1.00. The summed E-state index contributed by atoms with van der Waals surface area (Å²) in [6.07, 6.45) is 0.715. The molecule has 0 saturated carbocycles. The molecule has 0 radical (unpaired) electrons. The molecule has 0 aromatic rings. The van der Waals surface area contributed by atoms with E-state index in [4.69, 9.17) is 26.3 Å². The highest BCUT2D eigenvalue weighted by Gasteiger charge is 2.15. The molecular formula is C2H8O12S4. The van der Waals surface area contributed by atoms with E-state index in [-0.39, 0.29) is 0 Å². The van der Waals surface area contributed by atoms with Gasteiger partial charge in [-0.15, -0.1) is 12.6 Å². The fourth-order valence-corrected chi connectivity index (χ4v) is 1.69. The second-order valence-electron chi connectivity index (χ2n) is 2.22. The third kappa shape index (κ3) is 110. The monoisotopic (exact) mass is 352 g/mol. The van der Waals surface area contributed by atoms with Crippen molar-refractivity contribution in [2.75, 3.05) is 11.3 Å². The summed E-state index contributed by atoms with van der Waals surface area (Å²) >= 11 is 0. The summed E-state index contributed by atoms with van der Waals surface area (Å²) in [4.78, 5) is 0. The van der Waals surface area contributed by atoms with E-state index in [0.29, 0.717) is 6.26 Å². The van der Waals surface area contributed by atoms with Crippen molar-refractivity contribution in [2.45, 2.75) is 0 Å². The normalized spacial score (nSPS) is 11.3. The molecule has 0 saturated heterocycles. The highest BCUT2D eigenvalue weighted by Crippen LogP contribution is 1.88. The van der Waals surface area contributed by atoms with Crippen LogP contribution in [-0.2, 0) is 41.0 Å². The second kappa shape index (κ2) is 8.45. The molecule has 0 aromatic carbocycles. The van der Waals surface area contributed by atoms with Crippen LogP contribution in [0.25, 0.3) is 0 Å². The van der Waals surface area contributed by atoms with Gasteiger partial charge in [-0.3, -0.25) is 13.7 Å². The molecule has 0 spiro atoms. The Balaban J connectivity index is -0.000000212. The Morgan fingerprint density at radius 1 is 0.778 bits per heavy atom. The molecule has 0 aliphatic heterocycles. The van der Waals surface area contributed by atoms with Gasteiger partial charge in [-0.25, -0.2) is 0 Å². The van der Waals surface area contributed by atoms with Crippen molar-refractivity contribution in [1.82, 2.24) is 0 Å². The first-order chi connectivity index (χ1) is 7.44. The van der Waals surface area contributed by atoms with Crippen molar-refractivity contribution in [3.05, 3.63) is 0 Å². The quantitative estimate of drug-likeness (QED) is 0.430. The topological polar surface area (TPSA) is 214 Å². The number of hydrogen-bond donors (Lipinski definition) is 3. The molecule has 3 N–H and O–H groups in total. The van der Waals surface area contributed by atoms with Crippen LogP contribution in [0.3, 0.4) is 0 Å². The Labute approximate surface area is 104 Å². The first-order valence-electron chi connectivity index (χ1n) is 3.03. The molecule has 12 nitrogen and oxygen atoms in total. The molecule has 0 aliphatic rings. The third-order valence-corrected chi connectivity index (χ3v) is 2.68. The lowest BCUT2D eigenvalue weighted by molar-refractivity contribution is 0.471. The summed E-state index contributed by atoms with van der Waals surface area (Å²) < 4.78 is 105. The molecule has 0 amide bonds. The standard InChI is InChI=1S/CH4O6S2.CH4O3S.O3S/c2-8(3,4)1-9(5,6)7;1-5(2,3)4;1-4(2)3/h1H2,(H,2,3,4)(H,5,6,7);1H3,(H,2,3,4);. The van der Waals surface area contributed by atoms with E-state index in [1.54, 1.807) is 0 Å². The van der Waals surface area contributed by atoms with Crippen molar-refractivity contribution in [3.63, 3.8) is 0 Å². The highest BCUT2D eigenvalue weighted by atomic mass is 32.3. The summed E-state index contributed by atoms with van der Waals surface area (Å²) in [5.41, 5.74) is 0. The van der Waals surface area contributed by atoms with Crippen LogP contribution in [0.4, 0.5) is 0 Å². The van der Waals surface area contributed by atoms with Crippen LogP contribution in [0.2, 0.25) is 0 Å². The SMILES string of the molecule is CS(=O)(=O)O.O=S(=O)(O)CS(=O)(=O)O.O=S(=O)=O. The van der Waals surface area contributed by atoms with Crippen molar-refractivity contribution in [2.24, 2.45) is 0 Å². The van der Waals surface area contributed by atoms with Crippen LogP contribution in [0.1, 0.15) is 0 Å². The van der Waals surface area contributed by atoms with Gasteiger partial charge in [0.1, 0.15) is 0 Å². The van der Waals surface area contributed by atoms with Crippen molar-refractivity contribution in [3.8, 4) is 0 Å². The Morgan fingerprint density at radius 2 is 0.889 bits per heavy atom. The Bertz CT molecular complexity index is 582. The number of hydrogen-bond acceptors (Lipinski definition) is 9. The summed E-state index contributed by atoms with van der Waals surface area (Å²) in [5, 5.41) is -1.65. The minimum Gasteiger partial charge on any atom is -0.286 e. The molecule has 0 rings (SSSR count). The Morgan fingerprint density at radius 3 is 0.889 bits per heavy atom. The van der Waals surface area contributed by atoms with Gasteiger partial charge in [-0.05, 0) is 0 Å². The van der Waals surface area contributed by atoms with E-state index in [2.05, 4.69) is 0 Å². The lowest BCUT2D eigenvalue weighted by Gasteiger charge is -1.89. The van der Waals surface area contributed by atoms with Gasteiger partial charge in [-0.2, -0.15) is 25.3 Å². The van der Waals surface area contributed by atoms with Crippen molar-refractivity contribution >= 4 is 41.0 Å². The summed E-state index contributed by atoms with van der Waals surface area (Å²) in [6, 6.07) is 0. The molecule has 16 heteroatoms. The molecule has 0 heterocycles. The minimum atomic E-state index is -4.62. The zero-order chi connectivity index (χ0) is 15.8. The third-order valence-electron chi connectivity index (χ3n) is 0.298. The van der Waals surface area contributed by atoms with Crippen LogP contribution in [0, 0.1) is 0 Å². The van der Waals surface area contributed by atoms with E-state index in [1.807, 2.05) is 0 Å². The lowest BCUT2D eigenvalue weighted by atomic mass is 11.9. The lowest BCUT2D eigenvalue weighted by Crippen LogP contribution is -2.13. The molecule has 112 valence electrons. The van der Waals surface area contributed by atoms with Crippen LogP contribution in [0.15, 0.2) is 0 Å². The zero-order valence-electron chi connectivity index (χ0n) is 8.36. The van der Waals surface area contributed by atoms with E-state index in [1.165, 1.54) is 0 Å². The molecule has 0 unspecified atom stereocenters. The predicted octanol–water partition coefficient (Wildman–Crippen LogP) is -2.78. The van der Waals surface area contributed by atoms with E-state index in [0.717, 1.165) is 0 Å². The zero-order valence-corrected chi connectivity index (χ0v) is 11.6. The van der Waals surface area contributed by atoms with Crippen LogP contribution < -0.4 is 0 Å².